The fourth-order valence-electron chi connectivity index (χ4n) is 4.23. The van der Waals surface area contributed by atoms with Crippen LogP contribution >= 0.6 is 7.82 Å². The third kappa shape index (κ3) is 7.42. The molecule has 40 heavy (non-hydrogen) atoms. The van der Waals surface area contributed by atoms with Crippen LogP contribution in [0.4, 0.5) is 0 Å². The van der Waals surface area contributed by atoms with Crippen LogP contribution in [0.25, 0.3) is 17.0 Å². The quantitative estimate of drug-likeness (QED) is 0.225. The molecular weight excluding hydrogens is 529 g/mol. The number of hydrogen-bond donors (Lipinski definition) is 0. The third-order valence-electron chi connectivity index (χ3n) is 6.34. The molecular formula is C31H42NO7P. The molecule has 9 heteroatoms. The van der Waals surface area contributed by atoms with E-state index < -0.39 is 19.0 Å². The molecule has 3 aromatic rings. The number of aryl methyl sites for hydroxylation is 1. The van der Waals surface area contributed by atoms with Gasteiger partial charge in [-0.2, -0.15) is 0 Å². The Bertz CT molecular complexity index is 1410. The highest BCUT2D eigenvalue weighted by atomic mass is 31.2. The molecule has 0 saturated heterocycles. The summed E-state index contributed by atoms with van der Waals surface area (Å²) in [5, 5.41) is 1.10. The van der Waals surface area contributed by atoms with Crippen molar-refractivity contribution >= 4 is 24.8 Å². The molecule has 1 aliphatic carbocycles. The minimum atomic E-state index is -4.10. The zero-order chi connectivity index (χ0) is 29.5. The van der Waals surface area contributed by atoms with E-state index in [1.165, 1.54) is 27.1 Å². The predicted octanol–water partition coefficient (Wildman–Crippen LogP) is 8.92. The number of fused-ring (bicyclic) bond motifs is 1. The van der Waals surface area contributed by atoms with Crippen molar-refractivity contribution < 1.29 is 32.3 Å². The molecule has 1 saturated carbocycles. The van der Waals surface area contributed by atoms with Crippen molar-refractivity contribution in [2.24, 2.45) is 12.5 Å². The van der Waals surface area contributed by atoms with Crippen LogP contribution in [0.3, 0.4) is 0 Å². The van der Waals surface area contributed by atoms with E-state index in [1.54, 1.807) is 53.7 Å². The van der Waals surface area contributed by atoms with Gasteiger partial charge in [0.15, 0.2) is 11.5 Å². The lowest BCUT2D eigenvalue weighted by Crippen LogP contribution is -2.25. The summed E-state index contributed by atoms with van der Waals surface area (Å²) < 4.78 is 50.9. The van der Waals surface area contributed by atoms with Gasteiger partial charge < -0.3 is 23.3 Å². The summed E-state index contributed by atoms with van der Waals surface area (Å²) in [5.74, 6) is 1.72. The molecule has 1 aromatic heterocycles. The van der Waals surface area contributed by atoms with Crippen molar-refractivity contribution in [3.8, 4) is 28.7 Å². The van der Waals surface area contributed by atoms with Crippen molar-refractivity contribution in [3.05, 3.63) is 48.2 Å². The van der Waals surface area contributed by atoms with Crippen molar-refractivity contribution in [3.63, 3.8) is 0 Å². The summed E-state index contributed by atoms with van der Waals surface area (Å²) in [6, 6.07) is 9.29. The van der Waals surface area contributed by atoms with E-state index in [-0.39, 0.29) is 17.2 Å². The Morgan fingerprint density at radius 3 is 1.98 bits per heavy atom. The van der Waals surface area contributed by atoms with Gasteiger partial charge in [-0.3, -0.25) is 9.05 Å². The summed E-state index contributed by atoms with van der Waals surface area (Å²) in [4.78, 5) is 0. The van der Waals surface area contributed by atoms with Crippen molar-refractivity contribution in [2.75, 3.05) is 14.2 Å². The van der Waals surface area contributed by atoms with E-state index >= 15 is 0 Å². The molecule has 0 bridgehead atoms. The minimum absolute atomic E-state index is 0.0914. The van der Waals surface area contributed by atoms with Gasteiger partial charge in [0.2, 0.25) is 5.75 Å². The summed E-state index contributed by atoms with van der Waals surface area (Å²) in [5.41, 5.74) is 0.964. The highest BCUT2D eigenvalue weighted by Gasteiger charge is 2.40. The summed E-state index contributed by atoms with van der Waals surface area (Å²) >= 11 is 0. The summed E-state index contributed by atoms with van der Waals surface area (Å²) in [6.45, 7) is 12.9. The largest absolute Gasteiger partial charge is 0.531 e. The zero-order valence-electron chi connectivity index (χ0n) is 25.3. The first-order valence-corrected chi connectivity index (χ1v) is 14.9. The maximum absolute atomic E-state index is 13.8. The summed E-state index contributed by atoms with van der Waals surface area (Å²) in [6.07, 6.45) is 9.09. The normalized spacial score (nSPS) is 15.4. The van der Waals surface area contributed by atoms with Gasteiger partial charge in [-0.25, -0.2) is 4.57 Å². The molecule has 2 aromatic carbocycles. The average Bonchev–Trinajstić information content (AvgIpc) is 3.48. The maximum atomic E-state index is 13.8. The van der Waals surface area contributed by atoms with Gasteiger partial charge in [-0.15, -0.1) is 0 Å². The number of aromatic nitrogens is 1. The second-order valence-corrected chi connectivity index (χ2v) is 14.0. The van der Waals surface area contributed by atoms with Gasteiger partial charge >= 0.3 is 7.82 Å². The zero-order valence-corrected chi connectivity index (χ0v) is 26.2. The Labute approximate surface area is 237 Å². The number of methoxy groups -OCH3 is 2. The number of phosphoric ester groups is 1. The van der Waals surface area contributed by atoms with E-state index in [1.807, 2.05) is 25.2 Å². The highest BCUT2D eigenvalue weighted by Crippen LogP contribution is 2.59. The van der Waals surface area contributed by atoms with Crippen LogP contribution in [0.2, 0.25) is 0 Å². The van der Waals surface area contributed by atoms with Gasteiger partial charge in [0.25, 0.3) is 0 Å². The molecule has 1 fully saturated rings. The number of hydrogen-bond acceptors (Lipinski definition) is 7. The van der Waals surface area contributed by atoms with Gasteiger partial charge in [0, 0.05) is 36.3 Å². The van der Waals surface area contributed by atoms with E-state index in [2.05, 4.69) is 29.8 Å². The SMILES string of the molecule is COc1cc(Oc2ccc3c(c2)c(/C=C/C2(C)CC2)cn3C)cc(OC)c1OP(=O)(OC(C)(C)C)OC(C)(C)C. The Kier molecular flexibility index (Phi) is 8.12. The lowest BCUT2D eigenvalue weighted by molar-refractivity contribution is 0.0216. The standard InChI is InChI=1S/C31H42NO7P/c1-29(2,3)38-40(33,39-30(4,5)6)37-28-26(34-9)18-23(19-27(28)35-10)36-22-11-12-25-24(17-22)21(20-32(25)8)13-14-31(7)15-16-31/h11-14,17-20H,15-16H2,1-10H3/b14-13+. The molecule has 0 aliphatic heterocycles. The van der Waals surface area contributed by atoms with E-state index in [9.17, 15) is 4.57 Å². The fourth-order valence-corrected chi connectivity index (χ4v) is 6.09. The highest BCUT2D eigenvalue weighted by molar-refractivity contribution is 7.49. The average molecular weight is 572 g/mol. The minimum Gasteiger partial charge on any atom is -0.493 e. The number of nitrogens with zero attached hydrogens (tertiary/aromatic N) is 1. The molecule has 0 spiro atoms. The topological polar surface area (TPSA) is 77.4 Å². The molecule has 0 amide bonds. The number of ether oxygens (including phenoxy) is 3. The Hall–Kier alpha value is -2.93. The smallest absolute Gasteiger partial charge is 0.493 e. The second-order valence-electron chi connectivity index (χ2n) is 12.6. The van der Waals surface area contributed by atoms with Crippen molar-refractivity contribution in [1.82, 2.24) is 4.57 Å². The van der Waals surface area contributed by atoms with Crippen LogP contribution in [0.1, 0.15) is 66.9 Å². The number of rotatable bonds is 10. The molecule has 0 unspecified atom stereocenters. The molecule has 0 radical (unpaired) electrons. The molecule has 1 heterocycles. The lowest BCUT2D eigenvalue weighted by Gasteiger charge is -2.31. The molecule has 4 rings (SSSR count). The van der Waals surface area contributed by atoms with Crippen LogP contribution in [-0.4, -0.2) is 30.0 Å². The van der Waals surface area contributed by atoms with Crippen LogP contribution in [0, 0.1) is 5.41 Å². The molecule has 0 atom stereocenters. The van der Waals surface area contributed by atoms with E-state index in [0.717, 1.165) is 16.5 Å². The van der Waals surface area contributed by atoms with Gasteiger partial charge in [-0.05, 0) is 83.6 Å². The lowest BCUT2D eigenvalue weighted by atomic mass is 10.1. The number of benzene rings is 2. The molecule has 1 aliphatic rings. The van der Waals surface area contributed by atoms with Crippen molar-refractivity contribution in [1.29, 1.82) is 0 Å². The van der Waals surface area contributed by atoms with Crippen LogP contribution < -0.4 is 18.7 Å². The number of phosphoric acid groups is 1. The monoisotopic (exact) mass is 571 g/mol. The maximum Gasteiger partial charge on any atom is 0.531 e. The van der Waals surface area contributed by atoms with Crippen LogP contribution in [0.15, 0.2) is 42.6 Å². The van der Waals surface area contributed by atoms with Gasteiger partial charge in [0.1, 0.15) is 11.5 Å². The fraction of sp³-hybridized carbons (Fsp3) is 0.484. The first-order chi connectivity index (χ1) is 18.5. The number of allylic oxidation sites excluding steroid dienone is 1. The van der Waals surface area contributed by atoms with E-state index in [0.29, 0.717) is 16.9 Å². The van der Waals surface area contributed by atoms with Crippen LogP contribution in [-0.2, 0) is 20.7 Å². The first kappa shape index (κ1) is 30.0. The molecule has 0 N–H and O–H groups in total. The van der Waals surface area contributed by atoms with Crippen molar-refractivity contribution in [2.45, 2.75) is 72.5 Å². The molecule has 8 nitrogen and oxygen atoms in total. The summed E-state index contributed by atoms with van der Waals surface area (Å²) in [7, 11) is 0.913. The van der Waals surface area contributed by atoms with Gasteiger partial charge in [0.05, 0.1) is 25.4 Å². The van der Waals surface area contributed by atoms with Gasteiger partial charge in [-0.1, -0.05) is 19.1 Å². The Morgan fingerprint density at radius 1 is 0.900 bits per heavy atom. The second kappa shape index (κ2) is 10.8. The first-order valence-electron chi connectivity index (χ1n) is 13.5. The third-order valence-corrected chi connectivity index (χ3v) is 8.29. The van der Waals surface area contributed by atoms with E-state index in [4.69, 9.17) is 27.8 Å². The molecule has 218 valence electrons. The Morgan fingerprint density at radius 2 is 1.48 bits per heavy atom. The van der Waals surface area contributed by atoms with Crippen LogP contribution in [0.5, 0.6) is 28.7 Å². The Balaban J connectivity index is 1.67. The predicted molar refractivity (Wildman–Crippen MR) is 159 cm³/mol.